The van der Waals surface area contributed by atoms with Crippen LogP contribution in [0.3, 0.4) is 0 Å². The van der Waals surface area contributed by atoms with Gasteiger partial charge in [0.05, 0.1) is 0 Å². The van der Waals surface area contributed by atoms with E-state index in [1.54, 1.807) is 0 Å². The molecule has 0 N–H and O–H groups in total. The molecule has 0 amide bonds. The van der Waals surface area contributed by atoms with Gasteiger partial charge in [-0.2, -0.15) is 0 Å². The molecule has 0 saturated carbocycles. The molecule has 228 valence electrons. The van der Waals surface area contributed by atoms with Crippen molar-refractivity contribution in [1.82, 2.24) is 9.97 Å². The van der Waals surface area contributed by atoms with Crippen LogP contribution < -0.4 is 0 Å². The van der Waals surface area contributed by atoms with Gasteiger partial charge >= 0.3 is 0 Å². The monoisotopic (exact) mass is 624 g/mol. The summed E-state index contributed by atoms with van der Waals surface area (Å²) in [5, 5.41) is 8.62. The molecular formula is C46H28N2O. The molecule has 0 spiro atoms. The number of hydrogen-bond donors (Lipinski definition) is 0. The van der Waals surface area contributed by atoms with Gasteiger partial charge in [-0.25, -0.2) is 9.97 Å². The van der Waals surface area contributed by atoms with Crippen molar-refractivity contribution < 1.29 is 4.42 Å². The lowest BCUT2D eigenvalue weighted by molar-refractivity contribution is 0.668. The first-order chi connectivity index (χ1) is 24.3. The summed E-state index contributed by atoms with van der Waals surface area (Å²) in [6.45, 7) is 0. The van der Waals surface area contributed by atoms with Gasteiger partial charge in [0.15, 0.2) is 11.4 Å². The Morgan fingerprint density at radius 1 is 0.327 bits per heavy atom. The van der Waals surface area contributed by atoms with Crippen molar-refractivity contribution in [3.63, 3.8) is 0 Å². The molecule has 0 radical (unpaired) electrons. The first-order valence-corrected chi connectivity index (χ1v) is 16.6. The van der Waals surface area contributed by atoms with Crippen molar-refractivity contribution in [2.24, 2.45) is 0 Å². The molecule has 10 aromatic rings. The zero-order valence-corrected chi connectivity index (χ0v) is 26.5. The van der Waals surface area contributed by atoms with Gasteiger partial charge in [0.2, 0.25) is 0 Å². The lowest BCUT2D eigenvalue weighted by Gasteiger charge is -2.12. The van der Waals surface area contributed by atoms with Crippen molar-refractivity contribution in [3.8, 4) is 44.9 Å². The van der Waals surface area contributed by atoms with Gasteiger partial charge in [-0.3, -0.25) is 0 Å². The molecule has 3 heteroatoms. The van der Waals surface area contributed by atoms with Crippen LogP contribution in [-0.4, -0.2) is 9.97 Å². The van der Waals surface area contributed by atoms with Gasteiger partial charge in [0.1, 0.15) is 16.8 Å². The van der Waals surface area contributed by atoms with Gasteiger partial charge in [-0.05, 0) is 67.2 Å². The lowest BCUT2D eigenvalue weighted by Crippen LogP contribution is -1.93. The van der Waals surface area contributed by atoms with Crippen molar-refractivity contribution in [1.29, 1.82) is 0 Å². The zero-order chi connectivity index (χ0) is 32.3. The lowest BCUT2D eigenvalue weighted by atomic mass is 9.91. The molecule has 8 aromatic carbocycles. The highest BCUT2D eigenvalue weighted by molar-refractivity contribution is 6.25. The Morgan fingerprint density at radius 3 is 1.57 bits per heavy atom. The van der Waals surface area contributed by atoms with E-state index in [9.17, 15) is 0 Å². The summed E-state index contributed by atoms with van der Waals surface area (Å²) in [6, 6.07) is 59.8. The largest absolute Gasteiger partial charge is 0.451 e. The van der Waals surface area contributed by atoms with E-state index in [1.807, 2.05) is 48.5 Å². The normalized spacial score (nSPS) is 11.7. The van der Waals surface area contributed by atoms with Crippen LogP contribution in [0, 0.1) is 0 Å². The maximum atomic E-state index is 6.78. The highest BCUT2D eigenvalue weighted by atomic mass is 16.3. The highest BCUT2D eigenvalue weighted by Crippen LogP contribution is 2.41. The number of aromatic nitrogens is 2. The molecule has 0 atom stereocenters. The Morgan fingerprint density at radius 2 is 0.857 bits per heavy atom. The highest BCUT2D eigenvalue weighted by Gasteiger charge is 2.20. The topological polar surface area (TPSA) is 38.9 Å². The third-order valence-corrected chi connectivity index (χ3v) is 9.67. The average Bonchev–Trinajstić information content (AvgIpc) is 3.57. The van der Waals surface area contributed by atoms with Gasteiger partial charge in [-0.1, -0.05) is 152 Å². The SMILES string of the molecule is c1ccc(-c2nc(-c3ccccc3)c3oc4c(-c5cccc(-c6ccc7c8ccccc8c8ccccc8c7c6)c5)cccc4c3n2)cc1. The molecule has 10 rings (SSSR count). The second kappa shape index (κ2) is 11.0. The number of para-hydroxylation sites is 1. The van der Waals surface area contributed by atoms with Crippen LogP contribution in [-0.2, 0) is 0 Å². The maximum absolute atomic E-state index is 6.78. The quantitative estimate of drug-likeness (QED) is 0.183. The van der Waals surface area contributed by atoms with E-state index < -0.39 is 0 Å². The predicted molar refractivity (Wildman–Crippen MR) is 204 cm³/mol. The van der Waals surface area contributed by atoms with E-state index in [-0.39, 0.29) is 0 Å². The van der Waals surface area contributed by atoms with E-state index in [0.717, 1.165) is 50.0 Å². The van der Waals surface area contributed by atoms with Crippen molar-refractivity contribution in [2.75, 3.05) is 0 Å². The van der Waals surface area contributed by atoms with Gasteiger partial charge in [0, 0.05) is 22.1 Å². The standard InChI is InChI=1S/C46H28N2O/c1-3-13-29(14-4-1)42-45-43(48-46(47-42)30-15-5-2-6-16-30)40-24-12-23-34(44(40)49-45)33-18-11-17-31(27-33)32-25-26-39-37-21-8-7-19-35(37)36-20-9-10-22-38(36)41(39)28-32/h1-28H. The Balaban J connectivity index is 1.16. The van der Waals surface area contributed by atoms with Crippen molar-refractivity contribution in [3.05, 3.63) is 170 Å². The Kier molecular flexibility index (Phi) is 6.18. The van der Waals surface area contributed by atoms with Crippen molar-refractivity contribution >= 4 is 54.4 Å². The first kappa shape index (κ1) is 27.5. The molecular weight excluding hydrogens is 597 g/mol. The predicted octanol–water partition coefficient (Wildman–Crippen LogP) is 12.5. The minimum absolute atomic E-state index is 0.679. The van der Waals surface area contributed by atoms with Crippen LogP contribution in [0.2, 0.25) is 0 Å². The Bertz CT molecular complexity index is 2840. The zero-order valence-electron chi connectivity index (χ0n) is 26.5. The van der Waals surface area contributed by atoms with E-state index >= 15 is 0 Å². The fourth-order valence-electron chi connectivity index (χ4n) is 7.35. The molecule has 0 bridgehead atoms. The smallest absolute Gasteiger partial charge is 0.180 e. The number of hydrogen-bond acceptors (Lipinski definition) is 3. The molecule has 3 nitrogen and oxygen atoms in total. The second-order valence-corrected chi connectivity index (χ2v) is 12.5. The molecule has 0 saturated heterocycles. The van der Waals surface area contributed by atoms with Crippen LogP contribution in [0.15, 0.2) is 174 Å². The molecule has 0 fully saturated rings. The summed E-state index contributed by atoms with van der Waals surface area (Å²) in [6.07, 6.45) is 0. The molecule has 2 heterocycles. The average molecular weight is 625 g/mol. The number of fused-ring (bicyclic) bond motifs is 9. The van der Waals surface area contributed by atoms with Crippen LogP contribution in [0.5, 0.6) is 0 Å². The molecule has 0 aliphatic carbocycles. The second-order valence-electron chi connectivity index (χ2n) is 12.5. The van der Waals surface area contributed by atoms with Gasteiger partial charge in [-0.15, -0.1) is 0 Å². The summed E-state index contributed by atoms with van der Waals surface area (Å²) >= 11 is 0. The Hall–Kier alpha value is -6.58. The van der Waals surface area contributed by atoms with Crippen LogP contribution >= 0.6 is 0 Å². The molecule has 49 heavy (non-hydrogen) atoms. The van der Waals surface area contributed by atoms with Crippen LogP contribution in [0.4, 0.5) is 0 Å². The van der Waals surface area contributed by atoms with E-state index in [1.165, 1.54) is 37.9 Å². The minimum atomic E-state index is 0.679. The van der Waals surface area contributed by atoms with Crippen LogP contribution in [0.1, 0.15) is 0 Å². The van der Waals surface area contributed by atoms with E-state index in [0.29, 0.717) is 11.4 Å². The van der Waals surface area contributed by atoms with E-state index in [2.05, 4.69) is 121 Å². The Labute approximate surface area is 282 Å². The third-order valence-electron chi connectivity index (χ3n) is 9.67. The van der Waals surface area contributed by atoms with Gasteiger partial charge < -0.3 is 4.42 Å². The number of rotatable bonds is 4. The number of benzene rings is 8. The maximum Gasteiger partial charge on any atom is 0.180 e. The van der Waals surface area contributed by atoms with Gasteiger partial charge in [0.25, 0.3) is 0 Å². The summed E-state index contributed by atoms with van der Waals surface area (Å²) in [5.74, 6) is 0.679. The van der Waals surface area contributed by atoms with E-state index in [4.69, 9.17) is 14.4 Å². The number of furan rings is 1. The molecule has 0 unspecified atom stereocenters. The van der Waals surface area contributed by atoms with Crippen LogP contribution in [0.25, 0.3) is 99.3 Å². The molecule has 0 aliphatic rings. The first-order valence-electron chi connectivity index (χ1n) is 16.6. The summed E-state index contributed by atoms with van der Waals surface area (Å²) in [4.78, 5) is 10.1. The minimum Gasteiger partial charge on any atom is -0.451 e. The molecule has 0 aliphatic heterocycles. The number of nitrogens with zero attached hydrogens (tertiary/aromatic N) is 2. The fraction of sp³-hybridized carbons (Fsp3) is 0. The third kappa shape index (κ3) is 4.44. The summed E-state index contributed by atoms with van der Waals surface area (Å²) in [7, 11) is 0. The molecule has 2 aromatic heterocycles. The summed E-state index contributed by atoms with van der Waals surface area (Å²) in [5.41, 5.74) is 9.50. The van der Waals surface area contributed by atoms with Crippen molar-refractivity contribution in [2.45, 2.75) is 0 Å². The fourth-order valence-corrected chi connectivity index (χ4v) is 7.35. The summed E-state index contributed by atoms with van der Waals surface area (Å²) < 4.78 is 6.78.